The molecule has 0 aliphatic carbocycles. The van der Waals surface area contributed by atoms with Gasteiger partial charge in [0.1, 0.15) is 0 Å². The SMILES string of the molecule is C/C=C\C(C)(C)CNCC1(C)COC1. The molecule has 0 spiro atoms. The van der Waals surface area contributed by atoms with Gasteiger partial charge in [0.05, 0.1) is 13.2 Å². The van der Waals surface area contributed by atoms with Crippen LogP contribution in [0.4, 0.5) is 0 Å². The van der Waals surface area contributed by atoms with Gasteiger partial charge in [0.25, 0.3) is 0 Å². The molecule has 1 heterocycles. The minimum atomic E-state index is 0.260. The quantitative estimate of drug-likeness (QED) is 0.682. The molecule has 1 fully saturated rings. The zero-order valence-corrected chi connectivity index (χ0v) is 9.89. The Morgan fingerprint density at radius 1 is 1.43 bits per heavy atom. The first-order valence-corrected chi connectivity index (χ1v) is 5.40. The first kappa shape index (κ1) is 11.7. The van der Waals surface area contributed by atoms with Gasteiger partial charge in [-0.1, -0.05) is 32.9 Å². The van der Waals surface area contributed by atoms with Gasteiger partial charge in [-0.25, -0.2) is 0 Å². The molecule has 0 aromatic carbocycles. The van der Waals surface area contributed by atoms with E-state index in [1.165, 1.54) is 0 Å². The first-order valence-electron chi connectivity index (χ1n) is 5.40. The molecule has 0 atom stereocenters. The molecule has 1 saturated heterocycles. The molecule has 0 amide bonds. The Morgan fingerprint density at radius 3 is 2.50 bits per heavy atom. The maximum atomic E-state index is 5.21. The highest BCUT2D eigenvalue weighted by molar-refractivity contribution is 4.94. The Balaban J connectivity index is 2.20. The molecule has 0 aromatic heterocycles. The number of ether oxygens (including phenoxy) is 1. The van der Waals surface area contributed by atoms with Crippen molar-refractivity contribution in [3.63, 3.8) is 0 Å². The molecular weight excluding hydrogens is 174 g/mol. The zero-order chi connectivity index (χ0) is 10.7. The Hall–Kier alpha value is -0.340. The van der Waals surface area contributed by atoms with Gasteiger partial charge in [-0.3, -0.25) is 0 Å². The third kappa shape index (κ3) is 3.43. The summed E-state index contributed by atoms with van der Waals surface area (Å²) >= 11 is 0. The second-order valence-corrected chi connectivity index (χ2v) is 5.40. The standard InChI is InChI=1S/C12H23NO/c1-5-6-11(2,3)7-13-8-12(4)9-14-10-12/h5-6,13H,7-10H2,1-4H3/b6-5-. The van der Waals surface area contributed by atoms with Crippen LogP contribution >= 0.6 is 0 Å². The number of nitrogens with one attached hydrogen (secondary N) is 1. The molecule has 2 heteroatoms. The number of allylic oxidation sites excluding steroid dienone is 1. The van der Waals surface area contributed by atoms with Crippen LogP contribution in [0.2, 0.25) is 0 Å². The lowest BCUT2D eigenvalue weighted by molar-refractivity contribution is -0.0993. The molecule has 0 saturated carbocycles. The van der Waals surface area contributed by atoms with Crippen molar-refractivity contribution in [2.24, 2.45) is 10.8 Å². The minimum Gasteiger partial charge on any atom is -0.380 e. The van der Waals surface area contributed by atoms with E-state index in [4.69, 9.17) is 4.74 Å². The molecule has 0 radical (unpaired) electrons. The number of rotatable bonds is 5. The van der Waals surface area contributed by atoms with Gasteiger partial charge >= 0.3 is 0 Å². The fourth-order valence-electron chi connectivity index (χ4n) is 1.75. The highest BCUT2D eigenvalue weighted by atomic mass is 16.5. The summed E-state index contributed by atoms with van der Waals surface area (Å²) < 4.78 is 5.21. The summed E-state index contributed by atoms with van der Waals surface area (Å²) in [5, 5.41) is 3.52. The largest absolute Gasteiger partial charge is 0.380 e. The van der Waals surface area contributed by atoms with E-state index < -0.39 is 0 Å². The third-order valence-corrected chi connectivity index (χ3v) is 2.65. The fourth-order valence-corrected chi connectivity index (χ4v) is 1.75. The van der Waals surface area contributed by atoms with Crippen molar-refractivity contribution in [1.29, 1.82) is 0 Å². The normalized spacial score (nSPS) is 21.1. The summed E-state index contributed by atoms with van der Waals surface area (Å²) in [7, 11) is 0. The number of hydrogen-bond donors (Lipinski definition) is 1. The molecular formula is C12H23NO. The summed E-state index contributed by atoms with van der Waals surface area (Å²) in [5.41, 5.74) is 0.641. The first-order chi connectivity index (χ1) is 6.47. The molecule has 2 nitrogen and oxygen atoms in total. The van der Waals surface area contributed by atoms with E-state index in [1.807, 2.05) is 0 Å². The molecule has 82 valence electrons. The molecule has 1 aliphatic heterocycles. The predicted molar refractivity (Wildman–Crippen MR) is 60.4 cm³/mol. The molecule has 1 N–H and O–H groups in total. The van der Waals surface area contributed by atoms with Crippen LogP contribution in [-0.2, 0) is 4.74 Å². The van der Waals surface area contributed by atoms with Crippen LogP contribution in [0, 0.1) is 10.8 Å². The Morgan fingerprint density at radius 2 is 2.07 bits per heavy atom. The zero-order valence-electron chi connectivity index (χ0n) is 9.89. The Labute approximate surface area is 87.7 Å². The van der Waals surface area contributed by atoms with E-state index in [0.717, 1.165) is 26.3 Å². The second-order valence-electron chi connectivity index (χ2n) is 5.40. The minimum absolute atomic E-state index is 0.260. The molecule has 0 bridgehead atoms. The summed E-state index contributed by atoms with van der Waals surface area (Å²) in [6, 6.07) is 0. The summed E-state index contributed by atoms with van der Waals surface area (Å²) in [6.45, 7) is 12.8. The van der Waals surface area contributed by atoms with Crippen molar-refractivity contribution in [3.8, 4) is 0 Å². The maximum absolute atomic E-state index is 5.21. The second kappa shape index (κ2) is 4.45. The van der Waals surface area contributed by atoms with E-state index >= 15 is 0 Å². The molecule has 0 aromatic rings. The van der Waals surface area contributed by atoms with Crippen LogP contribution in [0.3, 0.4) is 0 Å². The van der Waals surface area contributed by atoms with Gasteiger partial charge in [0, 0.05) is 18.5 Å². The van der Waals surface area contributed by atoms with Crippen LogP contribution in [0.15, 0.2) is 12.2 Å². The van der Waals surface area contributed by atoms with Gasteiger partial charge < -0.3 is 10.1 Å². The van der Waals surface area contributed by atoms with Gasteiger partial charge in [-0.15, -0.1) is 0 Å². The van der Waals surface area contributed by atoms with E-state index in [1.54, 1.807) is 0 Å². The molecule has 0 unspecified atom stereocenters. The van der Waals surface area contributed by atoms with E-state index in [0.29, 0.717) is 5.41 Å². The lowest BCUT2D eigenvalue weighted by Crippen LogP contribution is -2.48. The average Bonchev–Trinajstić information content (AvgIpc) is 2.00. The van der Waals surface area contributed by atoms with Crippen molar-refractivity contribution in [1.82, 2.24) is 5.32 Å². The van der Waals surface area contributed by atoms with E-state index in [2.05, 4.69) is 45.2 Å². The molecule has 14 heavy (non-hydrogen) atoms. The van der Waals surface area contributed by atoms with Crippen molar-refractivity contribution in [2.45, 2.75) is 27.7 Å². The average molecular weight is 197 g/mol. The summed E-state index contributed by atoms with van der Waals surface area (Å²) in [4.78, 5) is 0. The van der Waals surface area contributed by atoms with Crippen LogP contribution in [0.25, 0.3) is 0 Å². The van der Waals surface area contributed by atoms with Crippen LogP contribution in [0.1, 0.15) is 27.7 Å². The van der Waals surface area contributed by atoms with Crippen molar-refractivity contribution in [2.75, 3.05) is 26.3 Å². The Bertz CT molecular complexity index is 204. The van der Waals surface area contributed by atoms with Gasteiger partial charge in [0.2, 0.25) is 0 Å². The summed E-state index contributed by atoms with van der Waals surface area (Å²) in [5.74, 6) is 0. The van der Waals surface area contributed by atoms with Gasteiger partial charge in [-0.2, -0.15) is 0 Å². The Kier molecular flexibility index (Phi) is 3.73. The van der Waals surface area contributed by atoms with Crippen molar-refractivity contribution >= 4 is 0 Å². The maximum Gasteiger partial charge on any atom is 0.0554 e. The predicted octanol–water partition coefficient (Wildman–Crippen LogP) is 2.21. The topological polar surface area (TPSA) is 21.3 Å². The highest BCUT2D eigenvalue weighted by Crippen LogP contribution is 2.25. The molecule has 1 rings (SSSR count). The lowest BCUT2D eigenvalue weighted by atomic mass is 9.87. The lowest BCUT2D eigenvalue weighted by Gasteiger charge is -2.39. The molecule has 1 aliphatic rings. The van der Waals surface area contributed by atoms with Crippen LogP contribution in [-0.4, -0.2) is 26.3 Å². The van der Waals surface area contributed by atoms with Gasteiger partial charge in [-0.05, 0) is 12.3 Å². The number of hydrogen-bond acceptors (Lipinski definition) is 2. The fraction of sp³-hybridized carbons (Fsp3) is 0.833. The van der Waals surface area contributed by atoms with E-state index in [-0.39, 0.29) is 5.41 Å². The van der Waals surface area contributed by atoms with Gasteiger partial charge in [0.15, 0.2) is 0 Å². The van der Waals surface area contributed by atoms with E-state index in [9.17, 15) is 0 Å². The third-order valence-electron chi connectivity index (χ3n) is 2.65. The van der Waals surface area contributed by atoms with Crippen molar-refractivity contribution in [3.05, 3.63) is 12.2 Å². The summed E-state index contributed by atoms with van der Waals surface area (Å²) in [6.07, 6.45) is 4.37. The monoisotopic (exact) mass is 197 g/mol. The smallest absolute Gasteiger partial charge is 0.0554 e. The highest BCUT2D eigenvalue weighted by Gasteiger charge is 2.33. The van der Waals surface area contributed by atoms with Crippen molar-refractivity contribution < 1.29 is 4.74 Å². The van der Waals surface area contributed by atoms with Crippen LogP contribution < -0.4 is 5.32 Å². The van der Waals surface area contributed by atoms with Crippen LogP contribution in [0.5, 0.6) is 0 Å².